The fourth-order valence-corrected chi connectivity index (χ4v) is 3.98. The van der Waals surface area contributed by atoms with Gasteiger partial charge >= 0.3 is 0 Å². The summed E-state index contributed by atoms with van der Waals surface area (Å²) in [5, 5.41) is 1.31. The van der Waals surface area contributed by atoms with Crippen LogP contribution in [-0.4, -0.2) is 23.0 Å². The van der Waals surface area contributed by atoms with E-state index in [4.69, 9.17) is 11.6 Å². The Morgan fingerprint density at radius 2 is 1.64 bits per heavy atom. The number of amides is 1. The van der Waals surface area contributed by atoms with Gasteiger partial charge in [0.15, 0.2) is 5.17 Å². The Hall–Kier alpha value is -2.82. The van der Waals surface area contributed by atoms with Gasteiger partial charge < -0.3 is 0 Å². The van der Waals surface area contributed by atoms with Gasteiger partial charge in [-0.1, -0.05) is 60.1 Å². The number of carbonyl (C=O) groups is 1. The lowest BCUT2D eigenvalue weighted by atomic mass is 10.0. The Kier molecular flexibility index (Phi) is 5.33. The van der Waals surface area contributed by atoms with Crippen molar-refractivity contribution in [3.8, 4) is 11.1 Å². The Morgan fingerprint density at radius 3 is 2.39 bits per heavy atom. The van der Waals surface area contributed by atoms with E-state index in [9.17, 15) is 4.79 Å². The minimum absolute atomic E-state index is 0.0529. The van der Waals surface area contributed by atoms with E-state index in [1.165, 1.54) is 11.8 Å². The summed E-state index contributed by atoms with van der Waals surface area (Å²) in [6.07, 6.45) is 1.92. The van der Waals surface area contributed by atoms with E-state index in [-0.39, 0.29) is 5.91 Å². The number of aliphatic imine (C=N–C) groups is 1. The Labute approximate surface area is 173 Å². The number of hydrogen-bond donors (Lipinski definition) is 0. The summed E-state index contributed by atoms with van der Waals surface area (Å²) in [5.74, 6) is -0.0529. The summed E-state index contributed by atoms with van der Waals surface area (Å²) >= 11 is 7.30. The molecule has 0 N–H and O–H groups in total. The SMILES string of the molecule is CN1C(=O)C(=Cc2cccc(-c3ccccc3)c2)SC1=Nc1ccc(Cl)cc1. The highest BCUT2D eigenvalue weighted by Crippen LogP contribution is 2.33. The van der Waals surface area contributed by atoms with Gasteiger partial charge in [-0.25, -0.2) is 4.99 Å². The van der Waals surface area contributed by atoms with Crippen LogP contribution in [0.2, 0.25) is 5.02 Å². The lowest BCUT2D eigenvalue weighted by molar-refractivity contribution is -0.121. The highest BCUT2D eigenvalue weighted by atomic mass is 35.5. The topological polar surface area (TPSA) is 32.7 Å². The van der Waals surface area contributed by atoms with Gasteiger partial charge in [0.1, 0.15) is 0 Å². The second-order valence-corrected chi connectivity index (χ2v) is 7.78. The zero-order valence-electron chi connectivity index (χ0n) is 15.2. The highest BCUT2D eigenvalue weighted by Gasteiger charge is 2.30. The molecule has 1 saturated heterocycles. The van der Waals surface area contributed by atoms with Gasteiger partial charge in [0.25, 0.3) is 5.91 Å². The first kappa shape index (κ1) is 18.5. The van der Waals surface area contributed by atoms with Crippen molar-refractivity contribution in [1.82, 2.24) is 4.90 Å². The van der Waals surface area contributed by atoms with Crippen LogP contribution in [0.4, 0.5) is 5.69 Å². The van der Waals surface area contributed by atoms with Crippen LogP contribution in [0.25, 0.3) is 17.2 Å². The van der Waals surface area contributed by atoms with E-state index >= 15 is 0 Å². The molecule has 4 rings (SSSR count). The first-order valence-corrected chi connectivity index (χ1v) is 9.97. The molecule has 28 heavy (non-hydrogen) atoms. The van der Waals surface area contributed by atoms with Crippen molar-refractivity contribution in [2.75, 3.05) is 7.05 Å². The number of carbonyl (C=O) groups excluding carboxylic acids is 1. The average Bonchev–Trinajstić information content (AvgIpc) is 2.98. The van der Waals surface area contributed by atoms with Crippen molar-refractivity contribution < 1.29 is 4.79 Å². The maximum absolute atomic E-state index is 12.7. The molecule has 1 heterocycles. The molecule has 138 valence electrons. The Morgan fingerprint density at radius 1 is 0.929 bits per heavy atom. The van der Waals surface area contributed by atoms with Crippen LogP contribution in [0, 0.1) is 0 Å². The van der Waals surface area contributed by atoms with Gasteiger partial charge in [0.2, 0.25) is 0 Å². The van der Waals surface area contributed by atoms with Crippen molar-refractivity contribution >= 4 is 46.2 Å². The number of hydrogen-bond acceptors (Lipinski definition) is 3. The molecule has 3 aromatic rings. The molecule has 0 aromatic heterocycles. The molecule has 0 atom stereocenters. The zero-order valence-corrected chi connectivity index (χ0v) is 16.7. The van der Waals surface area contributed by atoms with Gasteiger partial charge in [-0.15, -0.1) is 0 Å². The average molecular weight is 405 g/mol. The minimum Gasteiger partial charge on any atom is -0.290 e. The number of benzene rings is 3. The number of halogens is 1. The lowest BCUT2D eigenvalue weighted by Crippen LogP contribution is -2.23. The van der Waals surface area contributed by atoms with Crippen LogP contribution in [0.1, 0.15) is 5.56 Å². The standard InChI is InChI=1S/C23H17ClN2OS/c1-26-22(27)21(28-23(26)25-20-12-10-19(24)11-13-20)15-16-6-5-9-18(14-16)17-7-3-2-4-8-17/h2-15H,1H3. The van der Waals surface area contributed by atoms with Gasteiger partial charge in [-0.3, -0.25) is 9.69 Å². The predicted octanol–water partition coefficient (Wildman–Crippen LogP) is 6.24. The van der Waals surface area contributed by atoms with E-state index in [0.29, 0.717) is 15.1 Å². The third-order valence-corrected chi connectivity index (χ3v) is 5.66. The number of amidine groups is 1. The summed E-state index contributed by atoms with van der Waals surface area (Å²) in [6.45, 7) is 0. The molecular formula is C23H17ClN2OS. The predicted molar refractivity (Wildman–Crippen MR) is 119 cm³/mol. The summed E-state index contributed by atoms with van der Waals surface area (Å²) in [6, 6.07) is 25.6. The second-order valence-electron chi connectivity index (χ2n) is 6.34. The van der Waals surface area contributed by atoms with E-state index in [0.717, 1.165) is 22.4 Å². The molecule has 0 radical (unpaired) electrons. The van der Waals surface area contributed by atoms with Crippen molar-refractivity contribution in [1.29, 1.82) is 0 Å². The van der Waals surface area contributed by atoms with Crippen LogP contribution in [0.3, 0.4) is 0 Å². The van der Waals surface area contributed by atoms with Crippen LogP contribution in [-0.2, 0) is 4.79 Å². The molecule has 3 aromatic carbocycles. The van der Waals surface area contributed by atoms with Crippen LogP contribution in [0.5, 0.6) is 0 Å². The summed E-state index contributed by atoms with van der Waals surface area (Å²) in [5.41, 5.74) is 4.02. The molecule has 3 nitrogen and oxygen atoms in total. The number of thioether (sulfide) groups is 1. The Bertz CT molecular complexity index is 1080. The quantitative estimate of drug-likeness (QED) is 0.484. The molecule has 5 heteroatoms. The van der Waals surface area contributed by atoms with Crippen LogP contribution in [0.15, 0.2) is 88.8 Å². The van der Waals surface area contributed by atoms with Crippen LogP contribution < -0.4 is 0 Å². The summed E-state index contributed by atoms with van der Waals surface area (Å²) < 4.78 is 0. The molecular weight excluding hydrogens is 388 g/mol. The summed E-state index contributed by atoms with van der Waals surface area (Å²) in [4.78, 5) is 19.5. The van der Waals surface area contributed by atoms with Crippen LogP contribution >= 0.6 is 23.4 Å². The number of likely N-dealkylation sites (N-methyl/N-ethyl adjacent to an activating group) is 1. The first-order chi connectivity index (χ1) is 13.6. The fraction of sp³-hybridized carbons (Fsp3) is 0.0435. The van der Waals surface area contributed by atoms with E-state index in [1.807, 2.05) is 48.5 Å². The zero-order chi connectivity index (χ0) is 19.5. The van der Waals surface area contributed by atoms with Gasteiger partial charge in [0.05, 0.1) is 10.6 Å². The van der Waals surface area contributed by atoms with Gasteiger partial charge in [-0.05, 0) is 64.9 Å². The minimum atomic E-state index is -0.0529. The second kappa shape index (κ2) is 8.05. The molecule has 0 saturated carbocycles. The first-order valence-electron chi connectivity index (χ1n) is 8.77. The van der Waals surface area contributed by atoms with Crippen molar-refractivity contribution in [2.24, 2.45) is 4.99 Å². The normalized spacial score (nSPS) is 16.9. The van der Waals surface area contributed by atoms with Gasteiger partial charge in [0, 0.05) is 12.1 Å². The smallest absolute Gasteiger partial charge is 0.266 e. The van der Waals surface area contributed by atoms with Crippen molar-refractivity contribution in [3.05, 3.63) is 94.4 Å². The monoisotopic (exact) mass is 404 g/mol. The van der Waals surface area contributed by atoms with Gasteiger partial charge in [-0.2, -0.15) is 0 Å². The molecule has 1 aliphatic rings. The molecule has 0 spiro atoms. The van der Waals surface area contributed by atoms with E-state index < -0.39 is 0 Å². The molecule has 1 fully saturated rings. The fourth-order valence-electron chi connectivity index (χ4n) is 2.87. The third kappa shape index (κ3) is 4.03. The number of rotatable bonds is 3. The highest BCUT2D eigenvalue weighted by molar-refractivity contribution is 8.18. The molecule has 0 bridgehead atoms. The maximum Gasteiger partial charge on any atom is 0.266 e. The molecule has 1 aliphatic heterocycles. The maximum atomic E-state index is 12.7. The largest absolute Gasteiger partial charge is 0.290 e. The Balaban J connectivity index is 1.62. The third-order valence-electron chi connectivity index (χ3n) is 4.35. The van der Waals surface area contributed by atoms with E-state index in [1.54, 1.807) is 24.1 Å². The van der Waals surface area contributed by atoms with Crippen molar-refractivity contribution in [2.45, 2.75) is 0 Å². The lowest BCUT2D eigenvalue weighted by Gasteiger charge is -2.07. The molecule has 1 amide bonds. The summed E-state index contributed by atoms with van der Waals surface area (Å²) in [7, 11) is 1.74. The molecule has 0 aliphatic carbocycles. The molecule has 0 unspecified atom stereocenters. The van der Waals surface area contributed by atoms with Crippen molar-refractivity contribution in [3.63, 3.8) is 0 Å². The van der Waals surface area contributed by atoms with E-state index in [2.05, 4.69) is 29.3 Å². The number of nitrogens with zero attached hydrogens (tertiary/aromatic N) is 2.